The molecule has 1 amide bonds. The molecule has 1 fully saturated rings. The molecular weight excluding hydrogens is 296 g/mol. The molecule has 1 aliphatic rings. The molecule has 1 saturated carbocycles. The number of nitrogens with one attached hydrogen (secondary N) is 1. The number of carbonyl (C=O) groups is 1. The van der Waals surface area contributed by atoms with Crippen molar-refractivity contribution in [3.05, 3.63) is 23.8 Å². The lowest BCUT2D eigenvalue weighted by Gasteiger charge is -2.24. The minimum Gasteiger partial charge on any atom is -0.493 e. The summed E-state index contributed by atoms with van der Waals surface area (Å²) in [6.07, 6.45) is 8.60. The van der Waals surface area contributed by atoms with Gasteiger partial charge < -0.3 is 20.0 Å². The predicted molar refractivity (Wildman–Crippen MR) is 86.3 cm³/mol. The first-order valence-corrected chi connectivity index (χ1v) is 7.45. The maximum Gasteiger partial charge on any atom is 0.251 e. The van der Waals surface area contributed by atoms with E-state index in [9.17, 15) is 4.79 Å². The average molecular weight is 316 g/mol. The summed E-state index contributed by atoms with van der Waals surface area (Å²) in [5.41, 5.74) is 1.06. The van der Waals surface area contributed by atoms with Crippen molar-refractivity contribution >= 4 is 11.6 Å². The predicted octanol–water partition coefficient (Wildman–Crippen LogP) is 2.21. The second kappa shape index (κ2) is 8.08. The van der Waals surface area contributed by atoms with Crippen LogP contribution in [-0.2, 0) is 0 Å². The molecule has 0 aromatic heterocycles. The molecule has 0 spiro atoms. The van der Waals surface area contributed by atoms with Gasteiger partial charge in [-0.15, -0.1) is 6.42 Å². The summed E-state index contributed by atoms with van der Waals surface area (Å²) in [6.45, 7) is 0.125. The third kappa shape index (κ3) is 4.16. The van der Waals surface area contributed by atoms with Crippen LogP contribution in [-0.4, -0.2) is 36.6 Å². The quantitative estimate of drug-likeness (QED) is 0.496. The summed E-state index contributed by atoms with van der Waals surface area (Å²) >= 11 is 0. The second-order valence-corrected chi connectivity index (χ2v) is 5.22. The van der Waals surface area contributed by atoms with Gasteiger partial charge >= 0.3 is 0 Å². The number of nitrogens with zero attached hydrogens (tertiary/aromatic N) is 1. The fourth-order valence-corrected chi connectivity index (χ4v) is 2.56. The van der Waals surface area contributed by atoms with Crippen LogP contribution in [0.15, 0.2) is 23.4 Å². The summed E-state index contributed by atoms with van der Waals surface area (Å²) in [5, 5.41) is 15.2. The van der Waals surface area contributed by atoms with Crippen molar-refractivity contribution in [1.82, 2.24) is 5.32 Å². The van der Waals surface area contributed by atoms with Crippen LogP contribution in [0.5, 0.6) is 11.5 Å². The Morgan fingerprint density at radius 3 is 3.00 bits per heavy atom. The summed E-state index contributed by atoms with van der Waals surface area (Å²) in [5.74, 6) is 3.05. The normalized spacial score (nSPS) is 19.0. The van der Waals surface area contributed by atoms with E-state index in [1.165, 1.54) is 7.11 Å². The molecule has 23 heavy (non-hydrogen) atoms. The lowest BCUT2D eigenvalue weighted by atomic mass is 9.93. The average Bonchev–Trinajstić information content (AvgIpc) is 2.60. The van der Waals surface area contributed by atoms with E-state index in [4.69, 9.17) is 21.1 Å². The molecule has 1 aromatic carbocycles. The third-order valence-corrected chi connectivity index (χ3v) is 3.75. The van der Waals surface area contributed by atoms with Gasteiger partial charge in [0.25, 0.3) is 5.91 Å². The molecule has 6 heteroatoms. The van der Waals surface area contributed by atoms with Crippen molar-refractivity contribution in [1.29, 1.82) is 0 Å². The van der Waals surface area contributed by atoms with E-state index in [0.717, 1.165) is 19.3 Å². The van der Waals surface area contributed by atoms with Crippen LogP contribution in [0.25, 0.3) is 0 Å². The topological polar surface area (TPSA) is 80.2 Å². The number of ether oxygens (including phenoxy) is 2. The standard InChI is InChI=1S/C17H20N2O4/c1-3-10-23-15-9-8-12(11-16(15)22-2)17(20)18-13-6-4-5-7-14(13)19-21/h1,8-9,11,13,21H,4-7,10H2,2H3,(H,18,20)/b19-14+. The van der Waals surface area contributed by atoms with Gasteiger partial charge in [0.15, 0.2) is 11.5 Å². The van der Waals surface area contributed by atoms with Crippen LogP contribution in [0.4, 0.5) is 0 Å². The number of benzene rings is 1. The van der Waals surface area contributed by atoms with E-state index in [1.807, 2.05) is 0 Å². The van der Waals surface area contributed by atoms with Crippen LogP contribution in [0.1, 0.15) is 36.0 Å². The van der Waals surface area contributed by atoms with Crippen LogP contribution >= 0.6 is 0 Å². The third-order valence-electron chi connectivity index (χ3n) is 3.75. The Bertz CT molecular complexity index is 634. The zero-order valence-electron chi connectivity index (χ0n) is 13.0. The summed E-state index contributed by atoms with van der Waals surface area (Å²) < 4.78 is 10.6. The van der Waals surface area contributed by atoms with Crippen LogP contribution in [0.2, 0.25) is 0 Å². The summed E-state index contributed by atoms with van der Waals surface area (Å²) in [4.78, 5) is 12.4. The Morgan fingerprint density at radius 1 is 1.48 bits per heavy atom. The van der Waals surface area contributed by atoms with Gasteiger partial charge in [-0.3, -0.25) is 4.79 Å². The highest BCUT2D eigenvalue weighted by molar-refractivity contribution is 5.99. The van der Waals surface area contributed by atoms with Gasteiger partial charge in [0, 0.05) is 5.56 Å². The number of methoxy groups -OCH3 is 1. The van der Waals surface area contributed by atoms with Crippen molar-refractivity contribution in [3.8, 4) is 23.8 Å². The zero-order chi connectivity index (χ0) is 16.7. The largest absolute Gasteiger partial charge is 0.493 e. The Morgan fingerprint density at radius 2 is 2.30 bits per heavy atom. The molecule has 6 nitrogen and oxygen atoms in total. The molecule has 0 saturated heterocycles. The highest BCUT2D eigenvalue weighted by Crippen LogP contribution is 2.28. The number of terminal acetylenes is 1. The number of amides is 1. The minimum absolute atomic E-state index is 0.125. The van der Waals surface area contributed by atoms with Crippen LogP contribution in [0.3, 0.4) is 0 Å². The van der Waals surface area contributed by atoms with E-state index in [2.05, 4.69) is 16.4 Å². The van der Waals surface area contributed by atoms with E-state index in [-0.39, 0.29) is 18.6 Å². The Labute approximate surface area is 135 Å². The number of oxime groups is 1. The van der Waals surface area contributed by atoms with Crippen molar-refractivity contribution < 1.29 is 19.5 Å². The van der Waals surface area contributed by atoms with E-state index >= 15 is 0 Å². The first-order valence-electron chi connectivity index (χ1n) is 7.45. The van der Waals surface area contributed by atoms with Crippen LogP contribution < -0.4 is 14.8 Å². The van der Waals surface area contributed by atoms with Crippen molar-refractivity contribution in [2.45, 2.75) is 31.7 Å². The van der Waals surface area contributed by atoms with Gasteiger partial charge in [-0.1, -0.05) is 17.5 Å². The molecular formula is C17H20N2O4. The molecule has 1 atom stereocenters. The number of hydrogen-bond acceptors (Lipinski definition) is 5. The lowest BCUT2D eigenvalue weighted by Crippen LogP contribution is -2.42. The fraction of sp³-hybridized carbons (Fsp3) is 0.412. The van der Waals surface area contributed by atoms with Gasteiger partial charge in [-0.25, -0.2) is 0 Å². The SMILES string of the molecule is C#CCOc1ccc(C(=O)NC2CCCC/C2=N\O)cc1OC. The molecule has 122 valence electrons. The van der Waals surface area contributed by atoms with Gasteiger partial charge in [0.1, 0.15) is 6.61 Å². The van der Waals surface area contributed by atoms with Crippen molar-refractivity contribution in [2.24, 2.45) is 5.16 Å². The second-order valence-electron chi connectivity index (χ2n) is 5.22. The number of hydrogen-bond donors (Lipinski definition) is 2. The van der Waals surface area contributed by atoms with Gasteiger partial charge in [0.05, 0.1) is 18.9 Å². The molecule has 1 aliphatic carbocycles. The molecule has 2 N–H and O–H groups in total. The highest BCUT2D eigenvalue weighted by Gasteiger charge is 2.23. The van der Waals surface area contributed by atoms with E-state index < -0.39 is 0 Å². The number of rotatable bonds is 5. The Balaban J connectivity index is 2.11. The van der Waals surface area contributed by atoms with Crippen molar-refractivity contribution in [2.75, 3.05) is 13.7 Å². The maximum absolute atomic E-state index is 12.4. The van der Waals surface area contributed by atoms with Gasteiger partial charge in [-0.2, -0.15) is 0 Å². The molecule has 0 aliphatic heterocycles. The maximum atomic E-state index is 12.4. The Kier molecular flexibility index (Phi) is 5.87. The molecule has 2 rings (SSSR count). The molecule has 1 unspecified atom stereocenters. The molecule has 1 aromatic rings. The fourth-order valence-electron chi connectivity index (χ4n) is 2.56. The monoisotopic (exact) mass is 316 g/mol. The van der Waals surface area contributed by atoms with Crippen LogP contribution in [0, 0.1) is 12.3 Å². The minimum atomic E-state index is -0.250. The highest BCUT2D eigenvalue weighted by atomic mass is 16.5. The van der Waals surface area contributed by atoms with E-state index in [1.54, 1.807) is 18.2 Å². The first-order chi connectivity index (χ1) is 11.2. The van der Waals surface area contributed by atoms with E-state index in [0.29, 0.717) is 29.2 Å². The summed E-state index contributed by atoms with van der Waals surface area (Å²) in [6, 6.07) is 4.65. The first kappa shape index (κ1) is 16.7. The van der Waals surface area contributed by atoms with Gasteiger partial charge in [0.2, 0.25) is 0 Å². The molecule has 0 radical (unpaired) electrons. The van der Waals surface area contributed by atoms with Crippen molar-refractivity contribution in [3.63, 3.8) is 0 Å². The Hall–Kier alpha value is -2.68. The molecule has 0 heterocycles. The number of carbonyl (C=O) groups excluding carboxylic acids is 1. The van der Waals surface area contributed by atoms with Gasteiger partial charge in [-0.05, 0) is 37.5 Å². The molecule has 0 bridgehead atoms. The lowest BCUT2D eigenvalue weighted by molar-refractivity contribution is 0.0943. The smallest absolute Gasteiger partial charge is 0.251 e. The summed E-state index contributed by atoms with van der Waals surface area (Å²) in [7, 11) is 1.50. The zero-order valence-corrected chi connectivity index (χ0v) is 13.0.